The van der Waals surface area contributed by atoms with E-state index in [0.29, 0.717) is 0 Å². The van der Waals surface area contributed by atoms with Crippen molar-refractivity contribution in [3.8, 4) is 0 Å². The average Bonchev–Trinajstić information content (AvgIpc) is 1.86. The van der Waals surface area contributed by atoms with E-state index in [4.69, 9.17) is 11.1 Å². The Morgan fingerprint density at radius 1 is 1.75 bits per heavy atom. The number of hydrogen-bond acceptors (Lipinski definition) is 2. The van der Waals surface area contributed by atoms with Crippen LogP contribution in [0.5, 0.6) is 0 Å². The van der Waals surface area contributed by atoms with Crippen LogP contribution in [0, 0.1) is 0 Å². The first-order valence-corrected chi connectivity index (χ1v) is 0.697. The molecular weight excluding hydrogens is 52.0 g/mol. The van der Waals surface area contributed by atoms with Crippen LogP contribution >= 0.6 is 0 Å². The molecule has 0 aliphatic rings. The molecule has 0 saturated heterocycles. The Morgan fingerprint density at radius 2 is 2.25 bits per heavy atom. The molecule has 26 valence electrons. The van der Waals surface area contributed by atoms with Gasteiger partial charge in [-0.05, 0) is 0 Å². The quantitative estimate of drug-likeness (QED) is 0.441. The largest absolute Gasteiger partial charge is 0.329 e. The lowest BCUT2D eigenvalue weighted by molar-refractivity contribution is 0.976. The predicted molar refractivity (Wildman–Crippen MR) is 18.1 cm³/mol. The summed E-state index contributed by atoms with van der Waals surface area (Å²) in [6.45, 7) is -6.06. The van der Waals surface area contributed by atoms with Gasteiger partial charge >= 0.3 is 0 Å². The lowest BCUT2D eigenvalue weighted by Gasteiger charge is -1.72. The monoisotopic (exact) mass is 68.1 g/mol. The molecule has 4 N–H and O–H groups in total. The van der Waals surface area contributed by atoms with E-state index in [1.807, 2.05) is 0 Å². The lowest BCUT2D eigenvalue weighted by atomic mass is 10.7. The summed E-state index contributed by atoms with van der Waals surface area (Å²) in [6.07, 6.45) is 0. The predicted octanol–water partition coefficient (Wildman–Crippen LogP) is -1.10. The van der Waals surface area contributed by atoms with Crippen LogP contribution in [0.25, 0.3) is 0 Å². The summed E-state index contributed by atoms with van der Waals surface area (Å²) in [5.41, 5.74) is -1.02. The van der Waals surface area contributed by atoms with Gasteiger partial charge in [0.1, 0.15) is 5.65 Å². The molecule has 0 radical (unpaired) electrons. The lowest BCUT2D eigenvalue weighted by Crippen LogP contribution is -2.11. The van der Waals surface area contributed by atoms with Crippen LogP contribution in [-0.2, 0) is 0 Å². The highest BCUT2D eigenvalue weighted by Crippen LogP contribution is 1.24. The van der Waals surface area contributed by atoms with E-state index < -0.39 is 24.4 Å². The van der Waals surface area contributed by atoms with Crippen molar-refractivity contribution in [2.24, 2.45) is 11.4 Å². The van der Waals surface area contributed by atoms with Gasteiger partial charge in [-0.25, -0.2) is 0 Å². The summed E-state index contributed by atoms with van der Waals surface area (Å²) in [6, 6.07) is 0. The van der Waals surface area contributed by atoms with Crippen LogP contribution in [-0.4, -0.2) is 13.0 Å². The first kappa shape index (κ1) is 0.280. The van der Waals surface area contributed by atoms with Crippen LogP contribution in [0.3, 0.4) is 0 Å². The highest BCUT2D eigenvalue weighted by Gasteiger charge is 1.54. The Bertz CT molecular complexity index is 135. The summed E-state index contributed by atoms with van der Waals surface area (Å²) >= 11 is 0. The van der Waals surface area contributed by atoms with Gasteiger partial charge in [0.15, 0.2) is 0 Å². The van der Waals surface area contributed by atoms with Gasteiger partial charge in [-0.15, -0.1) is 0 Å². The zero-order chi connectivity index (χ0) is 10.2. The molecule has 0 rings (SSSR count). The second-order valence-electron chi connectivity index (χ2n) is 0.224. The maximum atomic E-state index is 6.88. The number of hydrogen-bond donors (Lipinski definition) is 2. The topological polar surface area (TPSA) is 52.0 Å². The standard InChI is InChI=1S/C2H8N2/c3-1-2-4/h1-4H2/i1D2,2D2/hD4. The van der Waals surface area contributed by atoms with Crippen molar-refractivity contribution in [2.45, 2.75) is 0 Å². The number of rotatable bonds is 3. The van der Waals surface area contributed by atoms with Gasteiger partial charge in [0.2, 0.25) is 0 Å². The first-order valence-electron chi connectivity index (χ1n) is 4.49. The summed E-state index contributed by atoms with van der Waals surface area (Å²) in [7, 11) is 0. The van der Waals surface area contributed by atoms with Crippen molar-refractivity contribution in [1.82, 2.24) is 0 Å². The highest BCUT2D eigenvalue weighted by atomic mass is 14.6. The number of nitrogens with two attached hydrogens (primary N) is 2. The Morgan fingerprint density at radius 3 is 2.50 bits per heavy atom. The van der Waals surface area contributed by atoms with Crippen molar-refractivity contribution >= 4 is 0 Å². The molecule has 0 amide bonds. The fourth-order valence-electron chi connectivity index (χ4n) is 0. The fraction of sp³-hybridized carbons (Fsp3) is 1.00. The van der Waals surface area contributed by atoms with E-state index in [-0.39, 0.29) is 0 Å². The minimum absolute atomic E-state index is 0.511. The molecule has 0 aliphatic heterocycles. The van der Waals surface area contributed by atoms with Crippen molar-refractivity contribution < 1.29 is 11.1 Å². The molecule has 0 aromatic carbocycles. The zero-order valence-corrected chi connectivity index (χ0v) is 1.89. The molecule has 0 aromatic heterocycles. The molecule has 0 atom stereocenters. The van der Waals surface area contributed by atoms with Gasteiger partial charge in [-0.3, -0.25) is 0 Å². The summed E-state index contributed by atoms with van der Waals surface area (Å²) in [4.78, 5) is 0. The summed E-state index contributed by atoms with van der Waals surface area (Å²) < 4.78 is 53.6. The van der Waals surface area contributed by atoms with E-state index in [1.54, 1.807) is 0 Å². The Hall–Kier alpha value is -0.0800. The van der Waals surface area contributed by atoms with Crippen LogP contribution in [0.2, 0.25) is 5.65 Å². The molecular formula is C2H8N2. The van der Waals surface area contributed by atoms with Crippen LogP contribution in [0.15, 0.2) is 0 Å². The average molecular weight is 68.1 g/mol. The van der Waals surface area contributed by atoms with Crippen molar-refractivity contribution in [3.63, 3.8) is 0 Å². The molecule has 0 bridgehead atoms. The van der Waals surface area contributed by atoms with Crippen LogP contribution in [0.4, 0.5) is 0 Å². The van der Waals surface area contributed by atoms with Crippen molar-refractivity contribution in [2.75, 3.05) is 13.0 Å². The van der Waals surface area contributed by atoms with Crippen molar-refractivity contribution in [3.05, 3.63) is 0 Å². The van der Waals surface area contributed by atoms with Crippen LogP contribution in [0.1, 0.15) is 5.48 Å². The Balaban J connectivity index is 4.75. The second kappa shape index (κ2) is 2.92. The van der Waals surface area contributed by atoms with E-state index >= 15 is 0 Å². The fourth-order valence-corrected chi connectivity index (χ4v) is 0. The van der Waals surface area contributed by atoms with Crippen molar-refractivity contribution in [1.29, 1.82) is 0 Å². The second-order valence-corrected chi connectivity index (χ2v) is 0.224. The third-order valence-corrected chi connectivity index (χ3v) is 0.0500. The van der Waals surface area contributed by atoms with E-state index in [1.165, 1.54) is 0 Å². The maximum absolute atomic E-state index is 6.88. The minimum Gasteiger partial charge on any atom is -0.329 e. The third kappa shape index (κ3) is 1.92. The zero-order valence-electron chi connectivity index (χ0n) is 9.89. The molecule has 0 spiro atoms. The molecule has 0 saturated carbocycles. The van der Waals surface area contributed by atoms with Gasteiger partial charge < -0.3 is 11.4 Å². The van der Waals surface area contributed by atoms with Gasteiger partial charge in [-0.2, -0.15) is 0 Å². The molecule has 0 heterocycles. The molecule has 2 heteroatoms. The van der Waals surface area contributed by atoms with E-state index in [0.717, 1.165) is 0 Å². The molecule has 4 heavy (non-hydrogen) atoms. The third-order valence-electron chi connectivity index (χ3n) is 0.0500. The molecule has 0 fully saturated rings. The highest BCUT2D eigenvalue weighted by molar-refractivity contribution is 4.26. The van der Waals surface area contributed by atoms with Gasteiger partial charge in [-0.1, -0.05) is 0 Å². The smallest absolute Gasteiger partial charge is 0.118 e. The maximum Gasteiger partial charge on any atom is 0.118 e. The van der Waals surface area contributed by atoms with Gasteiger partial charge in [0, 0.05) is 18.5 Å². The normalized spacial score (nSPS) is 45.5. The Kier molecular flexibility index (Phi) is 0.205. The van der Waals surface area contributed by atoms with E-state index in [9.17, 15) is 0 Å². The molecule has 0 aromatic rings. The molecule has 2 nitrogen and oxygen atoms in total. The molecule has 0 unspecified atom stereocenters. The van der Waals surface area contributed by atoms with Gasteiger partial charge in [0.25, 0.3) is 0 Å². The summed E-state index contributed by atoms with van der Waals surface area (Å²) in [5.74, 6) is 0. The summed E-state index contributed by atoms with van der Waals surface area (Å²) in [5, 5.41) is 0. The Labute approximate surface area is 37.3 Å². The van der Waals surface area contributed by atoms with Crippen LogP contribution < -0.4 is 11.4 Å². The first-order chi connectivity index (χ1) is 5.14. The molecule has 0 aliphatic carbocycles. The minimum atomic E-state index is -3.03. The van der Waals surface area contributed by atoms with E-state index in [2.05, 4.69) is 0 Å². The van der Waals surface area contributed by atoms with Gasteiger partial charge in [0.05, 0.1) is 0 Å². The SMILES string of the molecule is [2H]N([2H])C([2H])([2H])C([2H])([2H])N([2H])[2H].